The molecule has 1 rings (SSSR count). The van der Waals surface area contributed by atoms with E-state index < -0.39 is 0 Å². The molecular formula is C15H29NO2. The van der Waals surface area contributed by atoms with Gasteiger partial charge in [0.1, 0.15) is 6.10 Å². The maximum absolute atomic E-state index is 11.9. The van der Waals surface area contributed by atoms with Crippen LogP contribution in [0, 0.1) is 11.8 Å². The van der Waals surface area contributed by atoms with E-state index in [2.05, 4.69) is 6.92 Å². The highest BCUT2D eigenvalue weighted by molar-refractivity contribution is 5.72. The molecule has 0 aromatic heterocycles. The van der Waals surface area contributed by atoms with Gasteiger partial charge in [0, 0.05) is 6.04 Å². The quantitative estimate of drug-likeness (QED) is 0.741. The highest BCUT2D eigenvalue weighted by atomic mass is 16.5. The van der Waals surface area contributed by atoms with E-state index in [4.69, 9.17) is 10.5 Å². The Morgan fingerprint density at radius 1 is 1.22 bits per heavy atom. The molecule has 0 spiro atoms. The minimum atomic E-state index is -0.0146. The van der Waals surface area contributed by atoms with E-state index in [0.717, 1.165) is 38.0 Å². The fourth-order valence-electron chi connectivity index (χ4n) is 2.49. The molecule has 3 heteroatoms. The van der Waals surface area contributed by atoms with Crippen molar-refractivity contribution in [2.24, 2.45) is 17.6 Å². The molecule has 1 aliphatic carbocycles. The molecule has 2 unspecified atom stereocenters. The second-order valence-corrected chi connectivity index (χ2v) is 6.13. The van der Waals surface area contributed by atoms with Gasteiger partial charge in [0.05, 0.1) is 5.92 Å². The molecular weight excluding hydrogens is 226 g/mol. The van der Waals surface area contributed by atoms with Crippen molar-refractivity contribution >= 4 is 5.97 Å². The summed E-state index contributed by atoms with van der Waals surface area (Å²) in [5.74, 6) is 0.797. The zero-order valence-corrected chi connectivity index (χ0v) is 12.2. The van der Waals surface area contributed by atoms with Gasteiger partial charge < -0.3 is 10.5 Å². The SMILES string of the molecule is CC(N)CCCC(C)C(=O)OC1CCC(C)CC1. The topological polar surface area (TPSA) is 52.3 Å². The molecule has 2 N–H and O–H groups in total. The van der Waals surface area contributed by atoms with Crippen LogP contribution in [0.1, 0.15) is 65.7 Å². The average molecular weight is 255 g/mol. The van der Waals surface area contributed by atoms with E-state index in [1.165, 1.54) is 12.8 Å². The second-order valence-electron chi connectivity index (χ2n) is 6.13. The van der Waals surface area contributed by atoms with Crippen LogP contribution in [-0.2, 0) is 9.53 Å². The number of hydrogen-bond acceptors (Lipinski definition) is 3. The van der Waals surface area contributed by atoms with E-state index in [9.17, 15) is 4.79 Å². The molecule has 0 amide bonds. The summed E-state index contributed by atoms with van der Waals surface area (Å²) in [6, 6.07) is 0.230. The van der Waals surface area contributed by atoms with Crippen molar-refractivity contribution < 1.29 is 9.53 Å². The lowest BCUT2D eigenvalue weighted by Gasteiger charge is -2.27. The van der Waals surface area contributed by atoms with E-state index in [1.807, 2.05) is 13.8 Å². The first-order valence-corrected chi connectivity index (χ1v) is 7.45. The van der Waals surface area contributed by atoms with Gasteiger partial charge in [-0.1, -0.05) is 20.3 Å². The van der Waals surface area contributed by atoms with Crippen molar-refractivity contribution in [2.45, 2.75) is 77.9 Å². The summed E-state index contributed by atoms with van der Waals surface area (Å²) in [4.78, 5) is 11.9. The maximum Gasteiger partial charge on any atom is 0.308 e. The summed E-state index contributed by atoms with van der Waals surface area (Å²) < 4.78 is 5.59. The summed E-state index contributed by atoms with van der Waals surface area (Å²) in [5.41, 5.74) is 5.70. The Kier molecular flexibility index (Phi) is 6.69. The highest BCUT2D eigenvalue weighted by Crippen LogP contribution is 2.26. The van der Waals surface area contributed by atoms with Crippen molar-refractivity contribution in [2.75, 3.05) is 0 Å². The number of rotatable bonds is 6. The van der Waals surface area contributed by atoms with Crippen molar-refractivity contribution in [3.05, 3.63) is 0 Å². The van der Waals surface area contributed by atoms with Crippen molar-refractivity contribution in [1.82, 2.24) is 0 Å². The molecule has 0 aromatic carbocycles. The van der Waals surface area contributed by atoms with Crippen LogP contribution in [0.2, 0.25) is 0 Å². The molecule has 106 valence electrons. The van der Waals surface area contributed by atoms with E-state index in [-0.39, 0.29) is 24.0 Å². The van der Waals surface area contributed by atoms with Crippen LogP contribution in [0.3, 0.4) is 0 Å². The lowest BCUT2D eigenvalue weighted by molar-refractivity contribution is -0.155. The van der Waals surface area contributed by atoms with Gasteiger partial charge in [-0.15, -0.1) is 0 Å². The van der Waals surface area contributed by atoms with Gasteiger partial charge in [-0.05, 0) is 51.4 Å². The molecule has 1 fully saturated rings. The van der Waals surface area contributed by atoms with Crippen molar-refractivity contribution in [3.8, 4) is 0 Å². The van der Waals surface area contributed by atoms with E-state index in [0.29, 0.717) is 0 Å². The number of esters is 1. The lowest BCUT2D eigenvalue weighted by Crippen LogP contribution is -2.26. The molecule has 1 saturated carbocycles. The molecule has 0 heterocycles. The average Bonchev–Trinajstić information content (AvgIpc) is 2.31. The van der Waals surface area contributed by atoms with Gasteiger partial charge in [-0.3, -0.25) is 4.79 Å². The first-order chi connectivity index (χ1) is 8.49. The Hall–Kier alpha value is -0.570. The third kappa shape index (κ3) is 5.85. The number of nitrogens with two attached hydrogens (primary N) is 1. The highest BCUT2D eigenvalue weighted by Gasteiger charge is 2.23. The third-order valence-corrected chi connectivity index (χ3v) is 3.94. The van der Waals surface area contributed by atoms with Gasteiger partial charge >= 0.3 is 5.97 Å². The Morgan fingerprint density at radius 2 is 1.83 bits per heavy atom. The number of hydrogen-bond donors (Lipinski definition) is 1. The normalized spacial score (nSPS) is 27.6. The Labute approximate surface area is 111 Å². The van der Waals surface area contributed by atoms with Gasteiger partial charge in [0.15, 0.2) is 0 Å². The Morgan fingerprint density at radius 3 is 2.39 bits per heavy atom. The van der Waals surface area contributed by atoms with Crippen molar-refractivity contribution in [3.63, 3.8) is 0 Å². The van der Waals surface area contributed by atoms with E-state index in [1.54, 1.807) is 0 Å². The van der Waals surface area contributed by atoms with Crippen LogP contribution in [0.15, 0.2) is 0 Å². The number of carbonyl (C=O) groups is 1. The van der Waals surface area contributed by atoms with Crippen LogP contribution in [0.4, 0.5) is 0 Å². The molecule has 18 heavy (non-hydrogen) atoms. The lowest BCUT2D eigenvalue weighted by atomic mass is 9.89. The fourth-order valence-corrected chi connectivity index (χ4v) is 2.49. The summed E-state index contributed by atoms with van der Waals surface area (Å²) >= 11 is 0. The van der Waals surface area contributed by atoms with Gasteiger partial charge in [-0.25, -0.2) is 0 Å². The van der Waals surface area contributed by atoms with Gasteiger partial charge in [-0.2, -0.15) is 0 Å². The van der Waals surface area contributed by atoms with E-state index >= 15 is 0 Å². The largest absolute Gasteiger partial charge is 0.462 e. The van der Waals surface area contributed by atoms with Crippen LogP contribution in [-0.4, -0.2) is 18.1 Å². The fraction of sp³-hybridized carbons (Fsp3) is 0.933. The summed E-state index contributed by atoms with van der Waals surface area (Å²) in [5, 5.41) is 0. The number of ether oxygens (including phenoxy) is 1. The minimum Gasteiger partial charge on any atom is -0.462 e. The van der Waals surface area contributed by atoms with Crippen LogP contribution in [0.5, 0.6) is 0 Å². The summed E-state index contributed by atoms with van der Waals surface area (Å²) in [6.45, 7) is 6.25. The van der Waals surface area contributed by atoms with Crippen molar-refractivity contribution in [1.29, 1.82) is 0 Å². The summed E-state index contributed by atoms with van der Waals surface area (Å²) in [7, 11) is 0. The molecule has 3 nitrogen and oxygen atoms in total. The third-order valence-electron chi connectivity index (χ3n) is 3.94. The predicted molar refractivity (Wildman–Crippen MR) is 74.2 cm³/mol. The zero-order chi connectivity index (χ0) is 13.5. The van der Waals surface area contributed by atoms with Crippen LogP contribution in [0.25, 0.3) is 0 Å². The predicted octanol–water partition coefficient (Wildman–Crippen LogP) is 3.26. The maximum atomic E-state index is 11.9. The van der Waals surface area contributed by atoms with Gasteiger partial charge in [0.2, 0.25) is 0 Å². The molecule has 0 aromatic rings. The Bertz CT molecular complexity index is 245. The molecule has 0 saturated heterocycles. The molecule has 1 aliphatic rings. The smallest absolute Gasteiger partial charge is 0.308 e. The second kappa shape index (κ2) is 7.78. The monoisotopic (exact) mass is 255 g/mol. The first kappa shape index (κ1) is 15.5. The van der Waals surface area contributed by atoms with Gasteiger partial charge in [0.25, 0.3) is 0 Å². The molecule has 0 bridgehead atoms. The van der Waals surface area contributed by atoms with Crippen LogP contribution < -0.4 is 5.73 Å². The molecule has 2 atom stereocenters. The van der Waals surface area contributed by atoms with Crippen LogP contribution >= 0.6 is 0 Å². The molecule has 0 aliphatic heterocycles. The summed E-state index contributed by atoms with van der Waals surface area (Å²) in [6.07, 6.45) is 7.52. The Balaban J connectivity index is 2.18. The minimum absolute atomic E-state index is 0.0146. The number of carbonyl (C=O) groups excluding carboxylic acids is 1. The standard InChI is InChI=1S/C15H29NO2/c1-11-7-9-14(10-8-11)18-15(17)12(2)5-4-6-13(3)16/h11-14H,4-10,16H2,1-3H3. The molecule has 0 radical (unpaired) electrons. The first-order valence-electron chi connectivity index (χ1n) is 7.45. The zero-order valence-electron chi connectivity index (χ0n) is 12.2.